The molecule has 2 unspecified atom stereocenters. The monoisotopic (exact) mass is 381 g/mol. The number of carbonyl (C=O) groups excluding carboxylic acids is 2. The van der Waals surface area contributed by atoms with E-state index in [9.17, 15) is 9.59 Å². The third-order valence-electron chi connectivity index (χ3n) is 6.40. The van der Waals surface area contributed by atoms with Crippen molar-refractivity contribution in [2.24, 2.45) is 11.8 Å². The van der Waals surface area contributed by atoms with Gasteiger partial charge in [-0.2, -0.15) is 0 Å². The van der Waals surface area contributed by atoms with Crippen LogP contribution in [0.5, 0.6) is 0 Å². The first-order valence-corrected chi connectivity index (χ1v) is 11.3. The van der Waals surface area contributed by atoms with E-state index in [1.54, 1.807) is 11.8 Å². The van der Waals surface area contributed by atoms with Crippen molar-refractivity contribution in [3.63, 3.8) is 0 Å². The Bertz CT molecular complexity index is 514. The van der Waals surface area contributed by atoms with Crippen molar-refractivity contribution < 1.29 is 14.3 Å². The lowest BCUT2D eigenvalue weighted by atomic mass is 9.84. The van der Waals surface area contributed by atoms with Crippen LogP contribution in [0.1, 0.15) is 38.5 Å². The van der Waals surface area contributed by atoms with Gasteiger partial charge >= 0.3 is 0 Å². The highest BCUT2D eigenvalue weighted by molar-refractivity contribution is 7.99. The van der Waals surface area contributed by atoms with Crippen molar-refractivity contribution >= 4 is 23.6 Å². The van der Waals surface area contributed by atoms with E-state index in [1.807, 2.05) is 4.90 Å². The molecule has 146 valence electrons. The predicted octanol–water partition coefficient (Wildman–Crippen LogP) is 1.31. The number of piperidine rings is 1. The fourth-order valence-electron chi connectivity index (χ4n) is 4.42. The van der Waals surface area contributed by atoms with Crippen LogP contribution in [0.2, 0.25) is 0 Å². The highest BCUT2D eigenvalue weighted by atomic mass is 32.2. The van der Waals surface area contributed by atoms with Crippen molar-refractivity contribution in [1.82, 2.24) is 15.1 Å². The van der Waals surface area contributed by atoms with Crippen LogP contribution in [-0.4, -0.2) is 78.2 Å². The standard InChI is InChI=1S/C19H31N3O3S/c23-18(17-12-26-13-22(17)19(24)15-2-1-3-15)20-16-4-7-21(8-5-16)10-14-6-9-25-11-14/h14-17H,1-13H2,(H,20,23). The van der Waals surface area contributed by atoms with Crippen LogP contribution in [0, 0.1) is 11.8 Å². The predicted molar refractivity (Wildman–Crippen MR) is 102 cm³/mol. The Morgan fingerprint density at radius 1 is 1.12 bits per heavy atom. The van der Waals surface area contributed by atoms with Crippen LogP contribution >= 0.6 is 11.8 Å². The summed E-state index contributed by atoms with van der Waals surface area (Å²) in [7, 11) is 0. The second-order valence-corrected chi connectivity index (χ2v) is 9.26. The summed E-state index contributed by atoms with van der Waals surface area (Å²) in [6.07, 6.45) is 6.35. The smallest absolute Gasteiger partial charge is 0.243 e. The molecular weight excluding hydrogens is 350 g/mol. The molecule has 7 heteroatoms. The lowest BCUT2D eigenvalue weighted by Gasteiger charge is -2.35. The Hall–Kier alpha value is -0.790. The first-order chi connectivity index (χ1) is 12.7. The number of nitrogens with one attached hydrogen (secondary N) is 1. The van der Waals surface area contributed by atoms with Crippen molar-refractivity contribution in [1.29, 1.82) is 0 Å². The molecule has 1 aliphatic carbocycles. The number of ether oxygens (including phenoxy) is 1. The zero-order chi connectivity index (χ0) is 17.9. The van der Waals surface area contributed by atoms with Gasteiger partial charge in [-0.3, -0.25) is 9.59 Å². The quantitative estimate of drug-likeness (QED) is 0.778. The van der Waals surface area contributed by atoms with Gasteiger partial charge in [0.15, 0.2) is 0 Å². The fourth-order valence-corrected chi connectivity index (χ4v) is 5.58. The Morgan fingerprint density at radius 3 is 2.58 bits per heavy atom. The number of thioether (sulfide) groups is 1. The van der Waals surface area contributed by atoms with E-state index < -0.39 is 0 Å². The summed E-state index contributed by atoms with van der Waals surface area (Å²) in [5, 5.41) is 3.24. The molecule has 4 aliphatic rings. The Labute approximate surface area is 160 Å². The molecule has 0 spiro atoms. The van der Waals surface area contributed by atoms with Gasteiger partial charge in [0.05, 0.1) is 12.5 Å². The topological polar surface area (TPSA) is 61.9 Å². The lowest BCUT2D eigenvalue weighted by molar-refractivity contribution is -0.143. The van der Waals surface area contributed by atoms with E-state index in [2.05, 4.69) is 10.2 Å². The maximum absolute atomic E-state index is 12.8. The summed E-state index contributed by atoms with van der Waals surface area (Å²) >= 11 is 1.70. The van der Waals surface area contributed by atoms with Gasteiger partial charge in [-0.15, -0.1) is 11.8 Å². The third kappa shape index (κ3) is 4.20. The lowest BCUT2D eigenvalue weighted by Crippen LogP contribution is -2.53. The summed E-state index contributed by atoms with van der Waals surface area (Å²) in [6, 6.07) is -0.00778. The van der Waals surface area contributed by atoms with Gasteiger partial charge in [0.25, 0.3) is 0 Å². The molecule has 0 aromatic rings. The van der Waals surface area contributed by atoms with E-state index in [0.29, 0.717) is 11.8 Å². The van der Waals surface area contributed by atoms with E-state index in [4.69, 9.17) is 4.74 Å². The summed E-state index contributed by atoms with van der Waals surface area (Å²) in [5.41, 5.74) is 0. The molecule has 3 heterocycles. The molecule has 26 heavy (non-hydrogen) atoms. The van der Waals surface area contributed by atoms with Crippen molar-refractivity contribution in [3.05, 3.63) is 0 Å². The molecule has 0 bridgehead atoms. The van der Waals surface area contributed by atoms with Gasteiger partial charge in [-0.25, -0.2) is 0 Å². The van der Waals surface area contributed by atoms with Crippen LogP contribution in [0.25, 0.3) is 0 Å². The minimum atomic E-state index is -0.262. The number of likely N-dealkylation sites (tertiary alicyclic amines) is 1. The van der Waals surface area contributed by atoms with Gasteiger partial charge in [0, 0.05) is 44.0 Å². The van der Waals surface area contributed by atoms with Crippen molar-refractivity contribution in [2.45, 2.75) is 50.6 Å². The normalized spacial score (nSPS) is 31.2. The molecule has 0 aromatic heterocycles. The average Bonchev–Trinajstić information content (AvgIpc) is 3.26. The number of hydrogen-bond donors (Lipinski definition) is 1. The van der Waals surface area contributed by atoms with Gasteiger partial charge in [-0.1, -0.05) is 6.42 Å². The van der Waals surface area contributed by atoms with Gasteiger partial charge in [0.1, 0.15) is 6.04 Å². The highest BCUT2D eigenvalue weighted by Gasteiger charge is 2.39. The van der Waals surface area contributed by atoms with Crippen LogP contribution in [-0.2, 0) is 14.3 Å². The molecule has 1 N–H and O–H groups in total. The van der Waals surface area contributed by atoms with Crippen LogP contribution in [0.4, 0.5) is 0 Å². The van der Waals surface area contributed by atoms with E-state index >= 15 is 0 Å². The van der Waals surface area contributed by atoms with Crippen LogP contribution in [0.15, 0.2) is 0 Å². The zero-order valence-electron chi connectivity index (χ0n) is 15.5. The zero-order valence-corrected chi connectivity index (χ0v) is 16.3. The summed E-state index contributed by atoms with van der Waals surface area (Å²) < 4.78 is 5.47. The first kappa shape index (κ1) is 18.6. The van der Waals surface area contributed by atoms with Gasteiger partial charge in [-0.05, 0) is 38.0 Å². The summed E-state index contributed by atoms with van der Waals surface area (Å²) in [6.45, 7) is 5.04. The number of rotatable bonds is 5. The number of amides is 2. The molecule has 1 saturated carbocycles. The third-order valence-corrected chi connectivity index (χ3v) is 7.41. The molecule has 4 rings (SSSR count). The largest absolute Gasteiger partial charge is 0.381 e. The Kier molecular flexibility index (Phi) is 6.06. The summed E-state index contributed by atoms with van der Waals surface area (Å²) in [5.74, 6) is 2.54. The van der Waals surface area contributed by atoms with Crippen molar-refractivity contribution in [2.75, 3.05) is 44.5 Å². The number of hydrogen-bond acceptors (Lipinski definition) is 5. The maximum Gasteiger partial charge on any atom is 0.243 e. The molecule has 3 saturated heterocycles. The molecule has 0 aromatic carbocycles. The molecule has 2 atom stereocenters. The average molecular weight is 382 g/mol. The molecule has 6 nitrogen and oxygen atoms in total. The number of nitrogens with zero attached hydrogens (tertiary/aromatic N) is 2. The second kappa shape index (κ2) is 8.48. The molecule has 0 radical (unpaired) electrons. The maximum atomic E-state index is 12.8. The summed E-state index contributed by atoms with van der Waals surface area (Å²) in [4.78, 5) is 29.7. The molecule has 4 fully saturated rings. The van der Waals surface area contributed by atoms with Gasteiger partial charge in [0.2, 0.25) is 11.8 Å². The molecular formula is C19H31N3O3S. The molecule has 2 amide bonds. The second-order valence-electron chi connectivity index (χ2n) is 8.26. The number of carbonyl (C=O) groups is 2. The fraction of sp³-hybridized carbons (Fsp3) is 0.895. The van der Waals surface area contributed by atoms with Gasteiger partial charge < -0.3 is 19.9 Å². The van der Waals surface area contributed by atoms with Crippen molar-refractivity contribution in [3.8, 4) is 0 Å². The molecule has 3 aliphatic heterocycles. The van der Waals surface area contributed by atoms with E-state index in [0.717, 1.165) is 70.7 Å². The minimum absolute atomic E-state index is 0.0605. The van der Waals surface area contributed by atoms with E-state index in [-0.39, 0.29) is 29.8 Å². The first-order valence-electron chi connectivity index (χ1n) is 10.2. The Balaban J connectivity index is 1.22. The minimum Gasteiger partial charge on any atom is -0.381 e. The SMILES string of the molecule is O=C(NC1CCN(CC2CCOC2)CC1)C1CSCN1C(=O)C1CCC1. The van der Waals surface area contributed by atoms with E-state index in [1.165, 1.54) is 6.42 Å². The van der Waals surface area contributed by atoms with Crippen LogP contribution < -0.4 is 5.32 Å². The highest BCUT2D eigenvalue weighted by Crippen LogP contribution is 2.32. The Morgan fingerprint density at radius 2 is 1.92 bits per heavy atom. The van der Waals surface area contributed by atoms with Crippen LogP contribution in [0.3, 0.4) is 0 Å².